The molecule has 18 heavy (non-hydrogen) atoms. The van der Waals surface area contributed by atoms with Crippen LogP contribution in [0.1, 0.15) is 26.2 Å². The SMILES string of the molecule is C[C@H](NC(=O)CCCn1cccc1)[C@@H]1CCOC1. The summed E-state index contributed by atoms with van der Waals surface area (Å²) in [6, 6.07) is 4.23. The second-order valence-electron chi connectivity index (χ2n) is 5.00. The second-order valence-corrected chi connectivity index (χ2v) is 5.00. The van der Waals surface area contributed by atoms with Gasteiger partial charge in [-0.05, 0) is 31.9 Å². The lowest BCUT2D eigenvalue weighted by Crippen LogP contribution is -2.38. The van der Waals surface area contributed by atoms with E-state index in [4.69, 9.17) is 4.74 Å². The molecule has 0 spiro atoms. The lowest BCUT2D eigenvalue weighted by molar-refractivity contribution is -0.122. The highest BCUT2D eigenvalue weighted by Gasteiger charge is 2.23. The van der Waals surface area contributed by atoms with Crippen LogP contribution in [0.4, 0.5) is 0 Å². The van der Waals surface area contributed by atoms with Gasteiger partial charge >= 0.3 is 0 Å². The summed E-state index contributed by atoms with van der Waals surface area (Å²) < 4.78 is 7.43. The van der Waals surface area contributed by atoms with Crippen molar-refractivity contribution in [1.82, 2.24) is 9.88 Å². The Morgan fingerprint density at radius 1 is 1.50 bits per heavy atom. The van der Waals surface area contributed by atoms with E-state index in [1.54, 1.807) is 0 Å². The van der Waals surface area contributed by atoms with Crippen molar-refractivity contribution in [3.05, 3.63) is 24.5 Å². The van der Waals surface area contributed by atoms with Gasteiger partial charge in [0.05, 0.1) is 6.61 Å². The number of ether oxygens (including phenoxy) is 1. The fourth-order valence-electron chi connectivity index (χ4n) is 2.33. The van der Waals surface area contributed by atoms with E-state index >= 15 is 0 Å². The summed E-state index contributed by atoms with van der Waals surface area (Å²) >= 11 is 0. The molecule has 0 saturated carbocycles. The van der Waals surface area contributed by atoms with E-state index in [1.807, 2.05) is 24.5 Å². The molecule has 1 saturated heterocycles. The number of aryl methyl sites for hydroxylation is 1. The normalized spacial score (nSPS) is 20.8. The standard InChI is InChI=1S/C14H22N2O2/c1-12(13-6-10-18-11-13)15-14(17)5-4-9-16-7-2-3-8-16/h2-3,7-8,12-13H,4-6,9-11H2,1H3,(H,15,17)/t12-,13+/m0/s1. The molecule has 0 bridgehead atoms. The van der Waals surface area contributed by atoms with Crippen molar-refractivity contribution >= 4 is 5.91 Å². The van der Waals surface area contributed by atoms with E-state index in [9.17, 15) is 4.79 Å². The number of aromatic nitrogens is 1. The molecule has 100 valence electrons. The molecule has 2 rings (SSSR count). The van der Waals surface area contributed by atoms with Crippen LogP contribution in [-0.2, 0) is 16.1 Å². The smallest absolute Gasteiger partial charge is 0.220 e. The first-order valence-electron chi connectivity index (χ1n) is 6.73. The van der Waals surface area contributed by atoms with Gasteiger partial charge in [0.2, 0.25) is 5.91 Å². The van der Waals surface area contributed by atoms with Crippen molar-refractivity contribution < 1.29 is 9.53 Å². The molecule has 4 nitrogen and oxygen atoms in total. The van der Waals surface area contributed by atoms with E-state index in [0.717, 1.165) is 32.6 Å². The van der Waals surface area contributed by atoms with E-state index in [0.29, 0.717) is 12.3 Å². The molecule has 1 aliphatic rings. The number of nitrogens with zero attached hydrogens (tertiary/aromatic N) is 1. The Morgan fingerprint density at radius 3 is 2.94 bits per heavy atom. The molecule has 0 aromatic carbocycles. The summed E-state index contributed by atoms with van der Waals surface area (Å²) in [6.07, 6.45) is 6.59. The summed E-state index contributed by atoms with van der Waals surface area (Å²) in [5, 5.41) is 3.07. The van der Waals surface area contributed by atoms with Gasteiger partial charge in [0.25, 0.3) is 0 Å². The molecule has 0 unspecified atom stereocenters. The molecular formula is C14H22N2O2. The number of carbonyl (C=O) groups excluding carboxylic acids is 1. The average molecular weight is 250 g/mol. The van der Waals surface area contributed by atoms with Gasteiger partial charge in [0.15, 0.2) is 0 Å². The lowest BCUT2D eigenvalue weighted by Gasteiger charge is -2.19. The molecule has 0 radical (unpaired) electrons. The van der Waals surface area contributed by atoms with Crippen LogP contribution in [-0.4, -0.2) is 29.7 Å². The van der Waals surface area contributed by atoms with Crippen LogP contribution in [0.25, 0.3) is 0 Å². The fourth-order valence-corrected chi connectivity index (χ4v) is 2.33. The maximum Gasteiger partial charge on any atom is 0.220 e. The van der Waals surface area contributed by atoms with Crippen molar-refractivity contribution in [2.45, 2.75) is 38.8 Å². The third kappa shape index (κ3) is 3.88. The van der Waals surface area contributed by atoms with Gasteiger partial charge in [-0.3, -0.25) is 4.79 Å². The summed E-state index contributed by atoms with van der Waals surface area (Å²) in [5.41, 5.74) is 0. The molecular weight excluding hydrogens is 228 g/mol. The Bertz CT molecular complexity index is 356. The van der Waals surface area contributed by atoms with Crippen LogP contribution in [0.5, 0.6) is 0 Å². The Balaban J connectivity index is 1.62. The third-order valence-corrected chi connectivity index (χ3v) is 3.55. The largest absolute Gasteiger partial charge is 0.381 e. The summed E-state index contributed by atoms with van der Waals surface area (Å²) in [4.78, 5) is 11.8. The number of hydrogen-bond donors (Lipinski definition) is 1. The van der Waals surface area contributed by atoms with Gasteiger partial charge in [0, 0.05) is 43.9 Å². The van der Waals surface area contributed by atoms with Crippen molar-refractivity contribution in [3.8, 4) is 0 Å². The average Bonchev–Trinajstić information content (AvgIpc) is 3.02. The van der Waals surface area contributed by atoms with Gasteiger partial charge in [-0.25, -0.2) is 0 Å². The monoisotopic (exact) mass is 250 g/mol. The Kier molecular flexibility index (Phi) is 4.81. The number of rotatable bonds is 6. The first-order valence-corrected chi connectivity index (χ1v) is 6.73. The molecule has 0 aliphatic carbocycles. The highest BCUT2D eigenvalue weighted by molar-refractivity contribution is 5.76. The number of nitrogens with one attached hydrogen (secondary N) is 1. The van der Waals surface area contributed by atoms with Crippen LogP contribution in [0.15, 0.2) is 24.5 Å². The molecule has 1 aliphatic heterocycles. The predicted molar refractivity (Wildman–Crippen MR) is 70.2 cm³/mol. The molecule has 1 aromatic heterocycles. The third-order valence-electron chi connectivity index (χ3n) is 3.55. The van der Waals surface area contributed by atoms with E-state index < -0.39 is 0 Å². The van der Waals surface area contributed by atoms with Crippen molar-refractivity contribution in [1.29, 1.82) is 0 Å². The quantitative estimate of drug-likeness (QED) is 0.836. The molecule has 1 N–H and O–H groups in total. The number of hydrogen-bond acceptors (Lipinski definition) is 2. The van der Waals surface area contributed by atoms with Crippen LogP contribution in [0, 0.1) is 5.92 Å². The summed E-state index contributed by atoms with van der Waals surface area (Å²) in [6.45, 7) is 4.59. The zero-order valence-electron chi connectivity index (χ0n) is 11.0. The molecule has 4 heteroatoms. The van der Waals surface area contributed by atoms with Crippen molar-refractivity contribution in [3.63, 3.8) is 0 Å². The highest BCUT2D eigenvalue weighted by Crippen LogP contribution is 2.16. The van der Waals surface area contributed by atoms with Crippen LogP contribution in [0.3, 0.4) is 0 Å². The predicted octanol–water partition coefficient (Wildman–Crippen LogP) is 1.81. The minimum atomic E-state index is 0.154. The van der Waals surface area contributed by atoms with Gasteiger partial charge in [-0.1, -0.05) is 0 Å². The molecule has 1 amide bonds. The van der Waals surface area contributed by atoms with E-state index in [2.05, 4.69) is 16.8 Å². The maximum atomic E-state index is 11.8. The molecule has 1 aromatic rings. The number of amides is 1. The lowest BCUT2D eigenvalue weighted by atomic mass is 10.0. The van der Waals surface area contributed by atoms with Crippen LogP contribution < -0.4 is 5.32 Å². The number of carbonyl (C=O) groups is 1. The topological polar surface area (TPSA) is 43.3 Å². The fraction of sp³-hybridized carbons (Fsp3) is 0.643. The summed E-state index contributed by atoms with van der Waals surface area (Å²) in [7, 11) is 0. The minimum Gasteiger partial charge on any atom is -0.381 e. The van der Waals surface area contributed by atoms with Gasteiger partial charge in [-0.15, -0.1) is 0 Å². The Labute approximate surface area is 108 Å². The first kappa shape index (κ1) is 13.1. The van der Waals surface area contributed by atoms with E-state index in [1.165, 1.54) is 0 Å². The zero-order chi connectivity index (χ0) is 12.8. The zero-order valence-corrected chi connectivity index (χ0v) is 11.0. The molecule has 1 fully saturated rings. The van der Waals surface area contributed by atoms with Gasteiger partial charge in [0.1, 0.15) is 0 Å². The maximum absolute atomic E-state index is 11.8. The summed E-state index contributed by atoms with van der Waals surface area (Å²) in [5.74, 6) is 0.639. The van der Waals surface area contributed by atoms with Crippen LogP contribution in [0.2, 0.25) is 0 Å². The minimum absolute atomic E-state index is 0.154. The molecule has 2 atom stereocenters. The van der Waals surface area contributed by atoms with E-state index in [-0.39, 0.29) is 11.9 Å². The van der Waals surface area contributed by atoms with Gasteiger partial charge < -0.3 is 14.6 Å². The highest BCUT2D eigenvalue weighted by atomic mass is 16.5. The van der Waals surface area contributed by atoms with Gasteiger partial charge in [-0.2, -0.15) is 0 Å². The van der Waals surface area contributed by atoms with Crippen molar-refractivity contribution in [2.75, 3.05) is 13.2 Å². The van der Waals surface area contributed by atoms with Crippen molar-refractivity contribution in [2.24, 2.45) is 5.92 Å². The second kappa shape index (κ2) is 6.59. The Hall–Kier alpha value is -1.29. The first-order chi connectivity index (χ1) is 8.75. The molecule has 2 heterocycles. The van der Waals surface area contributed by atoms with Crippen LogP contribution >= 0.6 is 0 Å². The Morgan fingerprint density at radius 2 is 2.28 bits per heavy atom.